The summed E-state index contributed by atoms with van der Waals surface area (Å²) in [4.78, 5) is 11.6. The van der Waals surface area contributed by atoms with Gasteiger partial charge >= 0.3 is 5.97 Å². The highest BCUT2D eigenvalue weighted by molar-refractivity contribution is 7.58. The van der Waals surface area contributed by atoms with Crippen LogP contribution in [0.25, 0.3) is 0 Å². The molecule has 1 unspecified atom stereocenters. The summed E-state index contributed by atoms with van der Waals surface area (Å²) in [5.74, 6) is -0.357. The molecule has 1 aromatic rings. The van der Waals surface area contributed by atoms with Gasteiger partial charge in [0.05, 0.1) is 34.2 Å². The number of carbonyl (C=O) groups is 1. The first-order valence-electron chi connectivity index (χ1n) is 5.53. The van der Waals surface area contributed by atoms with Crippen molar-refractivity contribution in [3.05, 3.63) is 16.1 Å². The molecule has 0 amide bonds. The summed E-state index contributed by atoms with van der Waals surface area (Å²) in [6, 6.07) is 1.09. The van der Waals surface area contributed by atoms with Crippen LogP contribution >= 0.6 is 23.2 Å². The average molecular weight is 320 g/mol. The van der Waals surface area contributed by atoms with Gasteiger partial charge in [-0.25, -0.2) is 4.79 Å². The predicted molar refractivity (Wildman–Crippen MR) is 77.7 cm³/mol. The van der Waals surface area contributed by atoms with Crippen LogP contribution in [0.2, 0.25) is 10.0 Å². The van der Waals surface area contributed by atoms with E-state index >= 15 is 0 Å². The summed E-state index contributed by atoms with van der Waals surface area (Å²) in [7, 11) is 1.34. The van der Waals surface area contributed by atoms with Crippen molar-refractivity contribution >= 4 is 57.6 Å². The van der Waals surface area contributed by atoms with Crippen molar-refractivity contribution < 1.29 is 9.53 Å². The molecule has 8 heteroatoms. The molecule has 1 atom stereocenters. The summed E-state index contributed by atoms with van der Waals surface area (Å²) >= 11 is 13.2. The van der Waals surface area contributed by atoms with Crippen LogP contribution in [0.3, 0.4) is 0 Å². The molecule has 0 saturated heterocycles. The topological polar surface area (TPSA) is 63.0 Å². The number of hydrogen-bond donors (Lipinski definition) is 1. The van der Waals surface area contributed by atoms with Crippen LogP contribution in [0.5, 0.6) is 0 Å². The molecule has 1 aliphatic rings. The van der Waals surface area contributed by atoms with Crippen LogP contribution in [-0.4, -0.2) is 19.1 Å². The van der Waals surface area contributed by atoms with Crippen molar-refractivity contribution in [1.29, 1.82) is 0 Å². The van der Waals surface area contributed by atoms with Gasteiger partial charge in [0.25, 0.3) is 0 Å². The number of ether oxygens (including phenoxy) is 1. The first-order valence-corrected chi connectivity index (χ1v) is 7.01. The number of esters is 1. The maximum atomic E-state index is 11.6. The number of carbonyl (C=O) groups excluding carboxylic acids is 1. The van der Waals surface area contributed by atoms with Crippen molar-refractivity contribution in [2.45, 2.75) is 19.4 Å². The predicted octanol–water partition coefficient (Wildman–Crippen LogP) is 4.08. The van der Waals surface area contributed by atoms with E-state index in [2.05, 4.69) is 14.0 Å². The van der Waals surface area contributed by atoms with Crippen LogP contribution in [0, 0.1) is 0 Å². The highest BCUT2D eigenvalue weighted by Gasteiger charge is 2.23. The fourth-order valence-corrected chi connectivity index (χ4v) is 2.82. The molecular formula is C11H11Cl2N3O2S. The maximum Gasteiger partial charge on any atom is 0.328 e. The molecule has 0 saturated carbocycles. The number of nitrogens with zero attached hydrogens (tertiary/aromatic N) is 2. The minimum absolute atomic E-state index is 0.357. The third-order valence-electron chi connectivity index (χ3n) is 2.66. The molecule has 1 aromatic carbocycles. The summed E-state index contributed by atoms with van der Waals surface area (Å²) in [6.45, 7) is 1.87. The summed E-state index contributed by atoms with van der Waals surface area (Å²) in [5, 5.41) is 3.87. The van der Waals surface area contributed by atoms with E-state index in [0.29, 0.717) is 33.5 Å². The van der Waals surface area contributed by atoms with E-state index in [1.807, 2.05) is 6.92 Å². The molecule has 19 heavy (non-hydrogen) atoms. The van der Waals surface area contributed by atoms with Crippen LogP contribution in [0.15, 0.2) is 14.8 Å². The Morgan fingerprint density at radius 1 is 1.42 bits per heavy atom. The molecular weight excluding hydrogens is 309 g/mol. The molecule has 0 radical (unpaired) electrons. The number of benzene rings is 1. The molecule has 0 aliphatic carbocycles. The lowest BCUT2D eigenvalue weighted by atomic mass is 10.1. The first kappa shape index (κ1) is 14.3. The van der Waals surface area contributed by atoms with Gasteiger partial charge in [0.15, 0.2) is 0 Å². The van der Waals surface area contributed by atoms with E-state index in [1.165, 1.54) is 7.11 Å². The van der Waals surface area contributed by atoms with Gasteiger partial charge in [-0.15, -0.1) is 0 Å². The van der Waals surface area contributed by atoms with Gasteiger partial charge in [0, 0.05) is 0 Å². The van der Waals surface area contributed by atoms with Gasteiger partial charge in [0.2, 0.25) is 0 Å². The zero-order chi connectivity index (χ0) is 14.0. The van der Waals surface area contributed by atoms with Crippen LogP contribution in [0.4, 0.5) is 17.1 Å². The Kier molecular flexibility index (Phi) is 4.44. The largest absolute Gasteiger partial charge is 0.467 e. The zero-order valence-corrected chi connectivity index (χ0v) is 12.6. The van der Waals surface area contributed by atoms with Crippen LogP contribution in [-0.2, 0) is 20.9 Å². The number of methoxy groups -OCH3 is 1. The smallest absolute Gasteiger partial charge is 0.328 e. The van der Waals surface area contributed by atoms with Crippen molar-refractivity contribution in [2.75, 3.05) is 12.4 Å². The Hall–Kier alpha value is -1.11. The molecule has 0 spiro atoms. The van der Waals surface area contributed by atoms with E-state index in [0.717, 1.165) is 11.4 Å². The Morgan fingerprint density at radius 2 is 2.11 bits per heavy atom. The summed E-state index contributed by atoms with van der Waals surface area (Å²) in [5.41, 5.74) is 1.68. The minimum atomic E-state index is -0.492. The summed E-state index contributed by atoms with van der Waals surface area (Å²) < 4.78 is 13.0. The zero-order valence-electron chi connectivity index (χ0n) is 10.2. The van der Waals surface area contributed by atoms with Crippen LogP contribution < -0.4 is 5.32 Å². The Labute approximate surface area is 124 Å². The van der Waals surface area contributed by atoms with Crippen molar-refractivity contribution in [1.82, 2.24) is 0 Å². The van der Waals surface area contributed by atoms with Crippen molar-refractivity contribution in [3.8, 4) is 0 Å². The SMILES string of the molecule is CCC(Nc1c(Cl)cc(Cl)c2c1N=S=N2)C(=O)OC. The van der Waals surface area contributed by atoms with E-state index in [-0.39, 0.29) is 5.97 Å². The normalized spacial score (nSPS) is 13.7. The quantitative estimate of drug-likeness (QED) is 0.863. The molecule has 2 rings (SSSR count). The number of fused-ring (bicyclic) bond motifs is 1. The Bertz CT molecular complexity index is 600. The highest BCUT2D eigenvalue weighted by atomic mass is 35.5. The van der Waals surface area contributed by atoms with Crippen LogP contribution in [0.1, 0.15) is 13.3 Å². The lowest BCUT2D eigenvalue weighted by molar-refractivity contribution is -0.141. The molecule has 1 heterocycles. The third-order valence-corrected chi connectivity index (χ3v) is 3.77. The third kappa shape index (κ3) is 2.75. The Balaban J connectivity index is 2.39. The van der Waals surface area contributed by atoms with E-state index < -0.39 is 6.04 Å². The molecule has 102 valence electrons. The Morgan fingerprint density at radius 3 is 2.74 bits per heavy atom. The number of hydrogen-bond acceptors (Lipinski definition) is 5. The summed E-state index contributed by atoms with van der Waals surface area (Å²) in [6.07, 6.45) is 0.560. The van der Waals surface area contributed by atoms with E-state index in [1.54, 1.807) is 6.07 Å². The van der Waals surface area contributed by atoms with E-state index in [9.17, 15) is 4.79 Å². The molecule has 0 bridgehead atoms. The lowest BCUT2D eigenvalue weighted by Crippen LogP contribution is -2.30. The van der Waals surface area contributed by atoms with E-state index in [4.69, 9.17) is 27.9 Å². The number of rotatable bonds is 4. The molecule has 5 nitrogen and oxygen atoms in total. The maximum absolute atomic E-state index is 11.6. The van der Waals surface area contributed by atoms with Gasteiger partial charge in [-0.1, -0.05) is 30.1 Å². The minimum Gasteiger partial charge on any atom is -0.467 e. The van der Waals surface area contributed by atoms with Gasteiger partial charge < -0.3 is 10.1 Å². The second kappa shape index (κ2) is 5.90. The second-order valence-electron chi connectivity index (χ2n) is 3.80. The van der Waals surface area contributed by atoms with Gasteiger partial charge in [-0.3, -0.25) is 0 Å². The van der Waals surface area contributed by atoms with Crippen molar-refractivity contribution in [2.24, 2.45) is 8.73 Å². The standard InChI is InChI=1S/C11H11Cl2N3O2S/c1-3-7(11(17)18-2)14-8-5(12)4-6(13)9-10(8)16-19-15-9/h4,7,14H,3H2,1-2H3. The van der Waals surface area contributed by atoms with Gasteiger partial charge in [0.1, 0.15) is 17.4 Å². The monoisotopic (exact) mass is 319 g/mol. The number of nitrogens with one attached hydrogen (secondary N) is 1. The second-order valence-corrected chi connectivity index (χ2v) is 5.15. The highest BCUT2D eigenvalue weighted by Crippen LogP contribution is 2.47. The first-order chi connectivity index (χ1) is 9.08. The van der Waals surface area contributed by atoms with Gasteiger partial charge in [-0.2, -0.15) is 8.73 Å². The lowest BCUT2D eigenvalue weighted by Gasteiger charge is -2.18. The fraction of sp³-hybridized carbons (Fsp3) is 0.364. The molecule has 1 aliphatic heterocycles. The number of halogens is 2. The molecule has 1 N–H and O–H groups in total. The van der Waals surface area contributed by atoms with Gasteiger partial charge in [-0.05, 0) is 12.5 Å². The molecule has 0 fully saturated rings. The fourth-order valence-electron chi connectivity index (χ4n) is 1.66. The van der Waals surface area contributed by atoms with Crippen molar-refractivity contribution in [3.63, 3.8) is 0 Å². The molecule has 0 aromatic heterocycles. The average Bonchev–Trinajstić information content (AvgIpc) is 2.87. The number of anilines is 1.